The molecule has 5 nitrogen and oxygen atoms in total. The Labute approximate surface area is 191 Å². The Morgan fingerprint density at radius 3 is 2.81 bits per heavy atom. The van der Waals surface area contributed by atoms with E-state index in [-0.39, 0.29) is 6.04 Å². The van der Waals surface area contributed by atoms with Crippen molar-refractivity contribution in [3.8, 4) is 0 Å². The maximum absolute atomic E-state index is 6.45. The summed E-state index contributed by atoms with van der Waals surface area (Å²) in [6.45, 7) is 5.51. The van der Waals surface area contributed by atoms with Gasteiger partial charge in [0.05, 0.1) is 6.04 Å². The number of benzene rings is 1. The normalized spacial score (nSPS) is 28.3. The zero-order valence-corrected chi connectivity index (χ0v) is 19.7. The average molecular weight is 440 g/mol. The minimum Gasteiger partial charge on any atom is -0.375 e. The molecule has 4 aliphatic heterocycles. The summed E-state index contributed by atoms with van der Waals surface area (Å²) in [6, 6.07) is 6.60. The molecule has 166 valence electrons. The minimum absolute atomic E-state index is 0.221. The van der Waals surface area contributed by atoms with Crippen LogP contribution in [0.4, 0.5) is 5.69 Å². The number of rotatable bonds is 3. The molecule has 31 heavy (non-hydrogen) atoms. The largest absolute Gasteiger partial charge is 0.375 e. The Balaban J connectivity index is 1.52. The predicted octanol–water partition coefficient (Wildman–Crippen LogP) is 3.51. The molecule has 5 rings (SSSR count). The van der Waals surface area contributed by atoms with E-state index in [9.17, 15) is 0 Å². The Hall–Kier alpha value is -2.11. The summed E-state index contributed by atoms with van der Waals surface area (Å²) in [5.74, 6) is 1.15. The number of hydrogen-bond donors (Lipinski definition) is 2. The fraction of sp³-hybridized carbons (Fsp3) is 0.520. The molecule has 2 fully saturated rings. The molecule has 4 heterocycles. The minimum atomic E-state index is 0.221. The summed E-state index contributed by atoms with van der Waals surface area (Å²) in [7, 11) is 6.32. The van der Waals surface area contributed by atoms with Gasteiger partial charge in [-0.05, 0) is 61.7 Å². The lowest BCUT2D eigenvalue weighted by Gasteiger charge is -2.41. The highest BCUT2D eigenvalue weighted by atomic mass is 35.5. The van der Waals surface area contributed by atoms with E-state index in [2.05, 4.69) is 69.8 Å². The van der Waals surface area contributed by atoms with E-state index >= 15 is 0 Å². The van der Waals surface area contributed by atoms with Crippen molar-refractivity contribution >= 4 is 23.0 Å². The summed E-state index contributed by atoms with van der Waals surface area (Å²) < 4.78 is 0. The van der Waals surface area contributed by atoms with Gasteiger partial charge < -0.3 is 25.3 Å². The molecule has 2 N–H and O–H groups in total. The highest BCUT2D eigenvalue weighted by molar-refractivity contribution is 6.31. The standard InChI is InChI=1S/C25H34ClN5/c1-27-24-8-5-18(15-29(24)2)21-14-23(20-7-6-19(26)13-22(20)30(21)3)31-12-10-25(17-31)9-4-11-28-16-25/h5-8,13-14,21,27-28H,4,9-12,15-17H2,1-3H3. The third-order valence-electron chi connectivity index (χ3n) is 7.61. The topological polar surface area (TPSA) is 33.8 Å². The van der Waals surface area contributed by atoms with Crippen molar-refractivity contribution in [1.29, 1.82) is 0 Å². The Kier molecular flexibility index (Phi) is 5.43. The van der Waals surface area contributed by atoms with Gasteiger partial charge in [-0.3, -0.25) is 0 Å². The van der Waals surface area contributed by atoms with Gasteiger partial charge in [0, 0.05) is 74.7 Å². The second-order valence-corrected chi connectivity index (χ2v) is 10.1. The fourth-order valence-corrected chi connectivity index (χ4v) is 6.02. The number of nitrogens with zero attached hydrogens (tertiary/aromatic N) is 3. The van der Waals surface area contributed by atoms with E-state index in [0.29, 0.717) is 5.41 Å². The highest BCUT2D eigenvalue weighted by Gasteiger charge is 2.41. The van der Waals surface area contributed by atoms with Gasteiger partial charge in [-0.25, -0.2) is 0 Å². The van der Waals surface area contributed by atoms with Crippen LogP contribution < -0.4 is 15.5 Å². The number of likely N-dealkylation sites (tertiary alicyclic amines) is 1. The van der Waals surface area contributed by atoms with Gasteiger partial charge >= 0.3 is 0 Å². The lowest BCUT2D eigenvalue weighted by Crippen LogP contribution is -2.43. The predicted molar refractivity (Wildman–Crippen MR) is 130 cm³/mol. The average Bonchev–Trinajstić information content (AvgIpc) is 3.17. The maximum atomic E-state index is 6.45. The molecule has 0 amide bonds. The molecule has 0 aromatic heterocycles. The first-order valence-electron chi connectivity index (χ1n) is 11.5. The summed E-state index contributed by atoms with van der Waals surface area (Å²) in [5.41, 5.74) is 5.74. The van der Waals surface area contributed by atoms with E-state index in [1.807, 2.05) is 13.1 Å². The maximum Gasteiger partial charge on any atom is 0.101 e. The van der Waals surface area contributed by atoms with Crippen molar-refractivity contribution < 1.29 is 0 Å². The van der Waals surface area contributed by atoms with Crippen molar-refractivity contribution in [2.75, 3.05) is 58.8 Å². The summed E-state index contributed by atoms with van der Waals surface area (Å²) >= 11 is 6.45. The van der Waals surface area contributed by atoms with Gasteiger partial charge in [0.1, 0.15) is 5.82 Å². The van der Waals surface area contributed by atoms with Crippen LogP contribution in [0.2, 0.25) is 5.02 Å². The molecule has 2 unspecified atom stereocenters. The molecule has 1 aromatic carbocycles. The van der Waals surface area contributed by atoms with Gasteiger partial charge in [0.15, 0.2) is 0 Å². The van der Waals surface area contributed by atoms with Crippen LogP contribution in [-0.2, 0) is 0 Å². The molecule has 0 saturated carbocycles. The third-order valence-corrected chi connectivity index (χ3v) is 7.85. The first kappa shape index (κ1) is 20.8. The summed E-state index contributed by atoms with van der Waals surface area (Å²) in [5, 5.41) is 7.73. The smallest absolute Gasteiger partial charge is 0.101 e. The molecule has 2 saturated heterocycles. The van der Waals surface area contributed by atoms with Gasteiger partial charge in [-0.2, -0.15) is 0 Å². The second-order valence-electron chi connectivity index (χ2n) is 9.62. The lowest BCUT2D eigenvalue weighted by molar-refractivity contribution is 0.221. The van der Waals surface area contributed by atoms with Crippen LogP contribution in [0, 0.1) is 5.41 Å². The van der Waals surface area contributed by atoms with Crippen LogP contribution in [0.15, 0.2) is 47.8 Å². The van der Waals surface area contributed by atoms with Crippen molar-refractivity contribution in [3.63, 3.8) is 0 Å². The van der Waals surface area contributed by atoms with Crippen LogP contribution in [0.1, 0.15) is 24.8 Å². The van der Waals surface area contributed by atoms with E-state index in [1.54, 1.807) is 0 Å². The number of piperidine rings is 1. The number of likely N-dealkylation sites (N-methyl/N-ethyl adjacent to an activating group) is 2. The molecule has 6 heteroatoms. The van der Waals surface area contributed by atoms with Crippen LogP contribution >= 0.6 is 11.6 Å². The van der Waals surface area contributed by atoms with Crippen LogP contribution in [0.25, 0.3) is 5.70 Å². The molecular weight excluding hydrogens is 406 g/mol. The van der Waals surface area contributed by atoms with Crippen LogP contribution in [0.5, 0.6) is 0 Å². The van der Waals surface area contributed by atoms with Crippen LogP contribution in [0.3, 0.4) is 0 Å². The van der Waals surface area contributed by atoms with E-state index in [4.69, 9.17) is 11.6 Å². The van der Waals surface area contributed by atoms with Crippen molar-refractivity contribution in [2.24, 2.45) is 5.41 Å². The Bertz CT molecular complexity index is 943. The zero-order chi connectivity index (χ0) is 21.6. The molecule has 2 atom stereocenters. The van der Waals surface area contributed by atoms with Crippen molar-refractivity contribution in [3.05, 3.63) is 58.4 Å². The number of fused-ring (bicyclic) bond motifs is 1. The molecule has 0 bridgehead atoms. The summed E-state index contributed by atoms with van der Waals surface area (Å²) in [4.78, 5) is 7.31. The number of nitrogens with one attached hydrogen (secondary N) is 2. The Morgan fingerprint density at radius 1 is 1.19 bits per heavy atom. The summed E-state index contributed by atoms with van der Waals surface area (Å²) in [6.07, 6.45) is 10.9. The zero-order valence-electron chi connectivity index (χ0n) is 18.9. The Morgan fingerprint density at radius 2 is 2.06 bits per heavy atom. The number of hydrogen-bond acceptors (Lipinski definition) is 5. The van der Waals surface area contributed by atoms with Gasteiger partial charge in [0.25, 0.3) is 0 Å². The van der Waals surface area contributed by atoms with Crippen LogP contribution in [-0.4, -0.2) is 69.7 Å². The molecule has 4 aliphatic rings. The molecule has 1 spiro atoms. The molecular formula is C25H34ClN5. The van der Waals surface area contributed by atoms with E-state index < -0.39 is 0 Å². The molecule has 0 radical (unpaired) electrons. The quantitative estimate of drug-likeness (QED) is 0.753. The second kappa shape index (κ2) is 8.10. The monoisotopic (exact) mass is 439 g/mol. The van der Waals surface area contributed by atoms with E-state index in [0.717, 1.165) is 37.0 Å². The van der Waals surface area contributed by atoms with Gasteiger partial charge in [-0.15, -0.1) is 0 Å². The highest BCUT2D eigenvalue weighted by Crippen LogP contribution is 2.44. The number of halogens is 1. The number of anilines is 1. The SMILES string of the molecule is CNC1=CC=C(C2C=C(N3CCC4(CCCNC4)C3)c3ccc(Cl)cc3N2C)CN1C. The third kappa shape index (κ3) is 3.72. The first-order valence-corrected chi connectivity index (χ1v) is 11.9. The molecule has 1 aromatic rings. The van der Waals surface area contributed by atoms with E-state index in [1.165, 1.54) is 48.3 Å². The fourth-order valence-electron chi connectivity index (χ4n) is 5.86. The molecule has 0 aliphatic carbocycles. The van der Waals surface area contributed by atoms with Gasteiger partial charge in [0.2, 0.25) is 0 Å². The van der Waals surface area contributed by atoms with Crippen molar-refractivity contribution in [2.45, 2.75) is 25.3 Å². The number of allylic oxidation sites excluding steroid dienone is 2. The lowest BCUT2D eigenvalue weighted by atomic mass is 9.80. The van der Waals surface area contributed by atoms with Crippen molar-refractivity contribution in [1.82, 2.24) is 20.4 Å². The first-order chi connectivity index (χ1) is 15.0. The van der Waals surface area contributed by atoms with Gasteiger partial charge in [-0.1, -0.05) is 17.7 Å².